The van der Waals surface area contributed by atoms with E-state index in [1.807, 2.05) is 6.07 Å². The fourth-order valence-corrected chi connectivity index (χ4v) is 1.98. The van der Waals surface area contributed by atoms with Crippen LogP contribution in [0.4, 0.5) is 0 Å². The number of hydrazone groups is 1. The predicted molar refractivity (Wildman–Crippen MR) is 80.2 cm³/mol. The zero-order valence-electron chi connectivity index (χ0n) is 11.6. The van der Waals surface area contributed by atoms with Crippen molar-refractivity contribution < 1.29 is 19.4 Å². The second-order valence-corrected chi connectivity index (χ2v) is 4.66. The van der Waals surface area contributed by atoms with Gasteiger partial charge in [0.15, 0.2) is 11.5 Å². The number of ether oxygens (including phenoxy) is 2. The number of nitrogens with zero attached hydrogens (tertiary/aromatic N) is 1. The lowest BCUT2D eigenvalue weighted by atomic mass is 10.2. The van der Waals surface area contributed by atoms with Crippen molar-refractivity contribution in [2.45, 2.75) is 6.10 Å². The van der Waals surface area contributed by atoms with Gasteiger partial charge in [0.25, 0.3) is 5.91 Å². The highest BCUT2D eigenvalue weighted by Gasteiger charge is 2.26. The van der Waals surface area contributed by atoms with Crippen molar-refractivity contribution >= 4 is 12.1 Å². The van der Waals surface area contributed by atoms with Gasteiger partial charge in [0, 0.05) is 5.56 Å². The van der Waals surface area contributed by atoms with E-state index >= 15 is 0 Å². The van der Waals surface area contributed by atoms with Crippen molar-refractivity contribution in [1.82, 2.24) is 5.43 Å². The Bertz CT molecular complexity index is 715. The molecule has 3 rings (SSSR count). The summed E-state index contributed by atoms with van der Waals surface area (Å²) in [5.74, 6) is 0.815. The molecular weight excluding hydrogens is 284 g/mol. The third-order valence-corrected chi connectivity index (χ3v) is 3.12. The molecule has 22 heavy (non-hydrogen) atoms. The van der Waals surface area contributed by atoms with Gasteiger partial charge in [-0.25, -0.2) is 5.43 Å². The van der Waals surface area contributed by atoms with Crippen LogP contribution in [-0.2, 0) is 4.79 Å². The fourth-order valence-electron chi connectivity index (χ4n) is 1.98. The average Bonchev–Trinajstić information content (AvgIpc) is 2.56. The summed E-state index contributed by atoms with van der Waals surface area (Å²) < 4.78 is 11.0. The van der Waals surface area contributed by atoms with Crippen molar-refractivity contribution in [3.63, 3.8) is 0 Å². The molecule has 1 amide bonds. The number of carbonyl (C=O) groups excluding carboxylic acids is 1. The summed E-state index contributed by atoms with van der Waals surface area (Å²) in [5.41, 5.74) is 2.88. The minimum atomic E-state index is -0.767. The molecule has 2 N–H and O–H groups in total. The SMILES string of the molecule is O=C(N/N=C/c1ccccc1O)C1COc2ccccc2O1. The minimum Gasteiger partial charge on any atom is -0.507 e. The summed E-state index contributed by atoms with van der Waals surface area (Å²) in [4.78, 5) is 12.0. The first-order valence-electron chi connectivity index (χ1n) is 6.73. The lowest BCUT2D eigenvalue weighted by Crippen LogP contribution is -2.42. The molecule has 0 bridgehead atoms. The average molecular weight is 298 g/mol. The van der Waals surface area contributed by atoms with Gasteiger partial charge in [-0.05, 0) is 24.3 Å². The molecule has 2 aromatic rings. The molecule has 0 saturated carbocycles. The van der Waals surface area contributed by atoms with Crippen molar-refractivity contribution in [1.29, 1.82) is 0 Å². The summed E-state index contributed by atoms with van der Waals surface area (Å²) in [7, 11) is 0. The Morgan fingerprint density at radius 3 is 2.73 bits per heavy atom. The molecular formula is C16H14N2O4. The Balaban J connectivity index is 1.60. The third-order valence-electron chi connectivity index (χ3n) is 3.12. The van der Waals surface area contributed by atoms with E-state index in [0.29, 0.717) is 17.1 Å². The Morgan fingerprint density at radius 1 is 1.18 bits per heavy atom. The van der Waals surface area contributed by atoms with Crippen LogP contribution in [0.5, 0.6) is 17.2 Å². The number of phenolic OH excluding ortho intramolecular Hbond substituents is 1. The first-order valence-corrected chi connectivity index (χ1v) is 6.73. The molecule has 1 unspecified atom stereocenters. The molecule has 6 nitrogen and oxygen atoms in total. The third kappa shape index (κ3) is 3.01. The highest BCUT2D eigenvalue weighted by atomic mass is 16.6. The summed E-state index contributed by atoms with van der Waals surface area (Å²) in [6.07, 6.45) is 0.599. The molecule has 112 valence electrons. The Hall–Kier alpha value is -3.02. The van der Waals surface area contributed by atoms with E-state index in [1.54, 1.807) is 36.4 Å². The van der Waals surface area contributed by atoms with Gasteiger partial charge >= 0.3 is 0 Å². The second-order valence-electron chi connectivity index (χ2n) is 4.66. The van der Waals surface area contributed by atoms with Gasteiger partial charge in [0.2, 0.25) is 6.10 Å². The van der Waals surface area contributed by atoms with Crippen LogP contribution < -0.4 is 14.9 Å². The summed E-state index contributed by atoms with van der Waals surface area (Å²) in [6.45, 7) is 0.120. The largest absolute Gasteiger partial charge is 0.507 e. The molecule has 0 spiro atoms. The van der Waals surface area contributed by atoms with Crippen molar-refractivity contribution in [3.05, 3.63) is 54.1 Å². The van der Waals surface area contributed by atoms with Gasteiger partial charge in [-0.2, -0.15) is 5.10 Å². The predicted octanol–water partition coefficient (Wildman–Crippen LogP) is 1.68. The normalized spacial score (nSPS) is 16.5. The van der Waals surface area contributed by atoms with Crippen LogP contribution >= 0.6 is 0 Å². The number of nitrogens with one attached hydrogen (secondary N) is 1. The number of amides is 1. The van der Waals surface area contributed by atoms with Crippen molar-refractivity contribution in [2.75, 3.05) is 6.61 Å². The van der Waals surface area contributed by atoms with Crippen LogP contribution in [0.1, 0.15) is 5.56 Å². The van der Waals surface area contributed by atoms with Crippen LogP contribution in [0, 0.1) is 0 Å². The number of benzene rings is 2. The summed E-state index contributed by atoms with van der Waals surface area (Å²) in [6, 6.07) is 13.8. The first-order chi connectivity index (χ1) is 10.7. The number of hydrogen-bond acceptors (Lipinski definition) is 5. The van der Waals surface area contributed by atoms with Crippen LogP contribution in [0.15, 0.2) is 53.6 Å². The van der Waals surface area contributed by atoms with Gasteiger partial charge in [-0.1, -0.05) is 24.3 Å². The van der Waals surface area contributed by atoms with E-state index in [0.717, 1.165) is 0 Å². The monoisotopic (exact) mass is 298 g/mol. The van der Waals surface area contributed by atoms with E-state index < -0.39 is 12.0 Å². The Labute approximate surface area is 127 Å². The minimum absolute atomic E-state index is 0.0895. The lowest BCUT2D eigenvalue weighted by molar-refractivity contribution is -0.130. The van der Waals surface area contributed by atoms with Crippen molar-refractivity contribution in [3.8, 4) is 17.2 Å². The van der Waals surface area contributed by atoms with E-state index in [9.17, 15) is 9.90 Å². The smallest absolute Gasteiger partial charge is 0.284 e. The molecule has 0 fully saturated rings. The van der Waals surface area contributed by atoms with Crippen LogP contribution in [-0.4, -0.2) is 29.9 Å². The summed E-state index contributed by atoms with van der Waals surface area (Å²) in [5, 5.41) is 13.4. The second kappa shape index (κ2) is 6.17. The van der Waals surface area contributed by atoms with Crippen LogP contribution in [0.3, 0.4) is 0 Å². The van der Waals surface area contributed by atoms with E-state index in [4.69, 9.17) is 9.47 Å². The molecule has 6 heteroatoms. The maximum absolute atomic E-state index is 12.0. The number of aromatic hydroxyl groups is 1. The molecule has 0 radical (unpaired) electrons. The number of rotatable bonds is 3. The van der Waals surface area contributed by atoms with Crippen LogP contribution in [0.25, 0.3) is 0 Å². The maximum Gasteiger partial charge on any atom is 0.284 e. The quantitative estimate of drug-likeness (QED) is 0.667. The lowest BCUT2D eigenvalue weighted by Gasteiger charge is -2.24. The van der Waals surface area contributed by atoms with Crippen LogP contribution in [0.2, 0.25) is 0 Å². The van der Waals surface area contributed by atoms with Gasteiger partial charge in [0.1, 0.15) is 12.4 Å². The number of para-hydroxylation sites is 3. The van der Waals surface area contributed by atoms with Gasteiger partial charge in [0.05, 0.1) is 6.21 Å². The zero-order chi connectivity index (χ0) is 15.4. The number of phenols is 1. The van der Waals surface area contributed by atoms with E-state index in [1.165, 1.54) is 12.3 Å². The Kier molecular flexibility index (Phi) is 3.91. The zero-order valence-corrected chi connectivity index (χ0v) is 11.6. The van der Waals surface area contributed by atoms with Crippen molar-refractivity contribution in [2.24, 2.45) is 5.10 Å². The number of hydrogen-bond donors (Lipinski definition) is 2. The van der Waals surface area contributed by atoms with Gasteiger partial charge < -0.3 is 14.6 Å². The maximum atomic E-state index is 12.0. The molecule has 2 aromatic carbocycles. The van der Waals surface area contributed by atoms with E-state index in [2.05, 4.69) is 10.5 Å². The van der Waals surface area contributed by atoms with Gasteiger partial charge in [-0.3, -0.25) is 4.79 Å². The molecule has 1 heterocycles. The first kappa shape index (κ1) is 13.9. The summed E-state index contributed by atoms with van der Waals surface area (Å²) >= 11 is 0. The molecule has 1 atom stereocenters. The molecule has 1 aliphatic heterocycles. The van der Waals surface area contributed by atoms with Gasteiger partial charge in [-0.15, -0.1) is 0 Å². The Morgan fingerprint density at radius 2 is 1.91 bits per heavy atom. The number of fused-ring (bicyclic) bond motifs is 1. The molecule has 1 aliphatic rings. The topological polar surface area (TPSA) is 80.2 Å². The standard InChI is InChI=1S/C16H14N2O4/c19-12-6-2-1-5-11(12)9-17-18-16(20)15-10-21-13-7-3-4-8-14(13)22-15/h1-9,15,19H,10H2,(H,18,20)/b17-9+. The molecule has 0 saturated heterocycles. The fraction of sp³-hybridized carbons (Fsp3) is 0.125. The number of carbonyl (C=O) groups is 1. The highest BCUT2D eigenvalue weighted by molar-refractivity contribution is 5.86. The highest BCUT2D eigenvalue weighted by Crippen LogP contribution is 2.30. The van der Waals surface area contributed by atoms with E-state index in [-0.39, 0.29) is 12.4 Å². The molecule has 0 aromatic heterocycles. The molecule has 0 aliphatic carbocycles.